The van der Waals surface area contributed by atoms with E-state index in [0.29, 0.717) is 16.9 Å². The Hall–Kier alpha value is -3.63. The number of nitriles is 1. The summed E-state index contributed by atoms with van der Waals surface area (Å²) in [5.41, 5.74) is 2.63. The van der Waals surface area contributed by atoms with Crippen LogP contribution in [0, 0.1) is 11.3 Å². The number of ether oxygens (including phenoxy) is 1. The summed E-state index contributed by atoms with van der Waals surface area (Å²) in [5.74, 6) is -0.804. The van der Waals surface area contributed by atoms with Crippen molar-refractivity contribution in [1.29, 1.82) is 5.26 Å². The topological polar surface area (TPSA) is 96.3 Å². The van der Waals surface area contributed by atoms with E-state index < -0.39 is 27.5 Å². The van der Waals surface area contributed by atoms with Crippen LogP contribution in [0.2, 0.25) is 0 Å². The highest BCUT2D eigenvalue weighted by Gasteiger charge is 2.22. The molecule has 1 amide bonds. The summed E-state index contributed by atoms with van der Waals surface area (Å²) < 4.78 is 30.3. The van der Waals surface area contributed by atoms with E-state index >= 15 is 0 Å². The number of nitrogens with one attached hydrogen (secondary N) is 1. The minimum Gasteiger partial charge on any atom is -0.497 e. The minimum absolute atomic E-state index is 0.273. The Morgan fingerprint density at radius 2 is 1.58 bits per heavy atom. The van der Waals surface area contributed by atoms with Gasteiger partial charge in [-0.25, -0.2) is 8.42 Å². The molecule has 0 saturated carbocycles. The molecule has 0 bridgehead atoms. The number of hydrogen-bond donors (Lipinski definition) is 1. The minimum atomic E-state index is -3.69. The van der Waals surface area contributed by atoms with Gasteiger partial charge in [-0.2, -0.15) is 5.26 Å². The number of benzene rings is 3. The number of methoxy groups -OCH3 is 1. The molecule has 0 aromatic heterocycles. The summed E-state index contributed by atoms with van der Waals surface area (Å²) in [7, 11) is -2.12. The molecule has 1 unspecified atom stereocenters. The molecule has 3 aromatic rings. The first-order chi connectivity index (χ1) is 14.9. The number of sulfone groups is 1. The van der Waals surface area contributed by atoms with Crippen LogP contribution >= 0.6 is 0 Å². The number of carbonyl (C=O) groups excluding carboxylic acids is 1. The molecule has 158 valence electrons. The van der Waals surface area contributed by atoms with Gasteiger partial charge in [0.25, 0.3) is 0 Å². The van der Waals surface area contributed by atoms with Crippen molar-refractivity contribution in [2.45, 2.75) is 11.8 Å². The van der Waals surface area contributed by atoms with Gasteiger partial charge in [0, 0.05) is 0 Å². The van der Waals surface area contributed by atoms with E-state index in [9.17, 15) is 13.2 Å². The second-order valence-corrected chi connectivity index (χ2v) is 9.09. The molecule has 0 aliphatic rings. The molecule has 0 aliphatic carbocycles. The Kier molecular flexibility index (Phi) is 7.06. The monoisotopic (exact) mass is 434 g/mol. The average molecular weight is 435 g/mol. The number of nitrogens with zero attached hydrogens (tertiary/aromatic N) is 1. The fourth-order valence-electron chi connectivity index (χ4n) is 3.18. The van der Waals surface area contributed by atoms with Crippen molar-refractivity contribution < 1.29 is 17.9 Å². The Morgan fingerprint density at radius 1 is 0.968 bits per heavy atom. The molecule has 3 rings (SSSR count). The molecule has 0 radical (unpaired) electrons. The summed E-state index contributed by atoms with van der Waals surface area (Å²) in [6, 6.07) is 24.4. The predicted molar refractivity (Wildman–Crippen MR) is 118 cm³/mol. The summed E-state index contributed by atoms with van der Waals surface area (Å²) in [6.07, 6.45) is 0. The second-order valence-electron chi connectivity index (χ2n) is 7.03. The fourth-order valence-corrected chi connectivity index (χ4v) is 4.47. The lowest BCUT2D eigenvalue weighted by molar-refractivity contribution is -0.119. The Bertz CT molecular complexity index is 1170. The summed E-state index contributed by atoms with van der Waals surface area (Å²) in [5, 5.41) is 11.7. The van der Waals surface area contributed by atoms with Gasteiger partial charge in [0.2, 0.25) is 5.91 Å². The molecule has 0 heterocycles. The van der Waals surface area contributed by atoms with Crippen molar-refractivity contribution in [1.82, 2.24) is 5.32 Å². The first-order valence-corrected chi connectivity index (χ1v) is 11.4. The predicted octanol–water partition coefficient (Wildman–Crippen LogP) is 3.39. The maximum atomic E-state index is 12.7. The van der Waals surface area contributed by atoms with Crippen LogP contribution in [0.1, 0.15) is 28.3 Å². The molecule has 0 spiro atoms. The van der Waals surface area contributed by atoms with Crippen molar-refractivity contribution >= 4 is 15.7 Å². The van der Waals surface area contributed by atoms with Crippen molar-refractivity contribution in [2.75, 3.05) is 12.9 Å². The lowest BCUT2D eigenvalue weighted by atomic mass is 9.98. The van der Waals surface area contributed by atoms with Gasteiger partial charge in [-0.1, -0.05) is 54.6 Å². The van der Waals surface area contributed by atoms with Gasteiger partial charge in [0.1, 0.15) is 11.5 Å². The zero-order valence-corrected chi connectivity index (χ0v) is 17.8. The third-order valence-corrected chi connectivity index (χ3v) is 6.18. The van der Waals surface area contributed by atoms with Crippen LogP contribution in [-0.2, 0) is 20.4 Å². The van der Waals surface area contributed by atoms with Gasteiger partial charge >= 0.3 is 0 Å². The summed E-state index contributed by atoms with van der Waals surface area (Å²) >= 11 is 0. The van der Waals surface area contributed by atoms with Crippen LogP contribution in [0.25, 0.3) is 0 Å². The van der Waals surface area contributed by atoms with E-state index in [-0.39, 0.29) is 5.75 Å². The quantitative estimate of drug-likeness (QED) is 0.586. The molecule has 0 saturated heterocycles. The van der Waals surface area contributed by atoms with E-state index in [2.05, 4.69) is 5.32 Å². The number of carbonyl (C=O) groups is 1. The van der Waals surface area contributed by atoms with E-state index in [0.717, 1.165) is 11.1 Å². The van der Waals surface area contributed by atoms with Crippen LogP contribution in [0.3, 0.4) is 0 Å². The van der Waals surface area contributed by atoms with Crippen molar-refractivity contribution in [3.05, 3.63) is 101 Å². The van der Waals surface area contributed by atoms with E-state index in [1.165, 1.54) is 0 Å². The van der Waals surface area contributed by atoms with E-state index in [1.807, 2.05) is 48.5 Å². The van der Waals surface area contributed by atoms with Gasteiger partial charge in [-0.3, -0.25) is 4.79 Å². The number of amides is 1. The van der Waals surface area contributed by atoms with Crippen LogP contribution in [0.4, 0.5) is 0 Å². The molecular weight excluding hydrogens is 412 g/mol. The highest BCUT2D eigenvalue weighted by molar-refractivity contribution is 7.91. The molecule has 6 nitrogen and oxygen atoms in total. The fraction of sp³-hybridized carbons (Fsp3) is 0.167. The molecule has 1 atom stereocenters. The van der Waals surface area contributed by atoms with Crippen LogP contribution < -0.4 is 10.1 Å². The normalized spacial score (nSPS) is 11.9. The van der Waals surface area contributed by atoms with Gasteiger partial charge < -0.3 is 10.1 Å². The molecule has 31 heavy (non-hydrogen) atoms. The zero-order chi connectivity index (χ0) is 22.3. The molecule has 0 fully saturated rings. The highest BCUT2D eigenvalue weighted by atomic mass is 32.2. The van der Waals surface area contributed by atoms with E-state index in [1.54, 1.807) is 43.5 Å². The maximum absolute atomic E-state index is 12.7. The average Bonchev–Trinajstić information content (AvgIpc) is 2.78. The van der Waals surface area contributed by atoms with E-state index in [4.69, 9.17) is 10.00 Å². The molecule has 0 aliphatic heterocycles. The zero-order valence-electron chi connectivity index (χ0n) is 17.0. The highest BCUT2D eigenvalue weighted by Crippen LogP contribution is 2.24. The Labute approximate surface area is 182 Å². The molecule has 1 N–H and O–H groups in total. The summed E-state index contributed by atoms with van der Waals surface area (Å²) in [6.45, 7) is 0. The molecular formula is C24H22N2O4S. The van der Waals surface area contributed by atoms with Crippen molar-refractivity contribution in [2.24, 2.45) is 0 Å². The first-order valence-electron chi connectivity index (χ1n) is 9.58. The molecule has 7 heteroatoms. The lowest BCUT2D eigenvalue weighted by Gasteiger charge is -2.20. The maximum Gasteiger partial charge on any atom is 0.235 e. The second kappa shape index (κ2) is 9.92. The largest absolute Gasteiger partial charge is 0.497 e. The first kappa shape index (κ1) is 22.1. The van der Waals surface area contributed by atoms with Gasteiger partial charge in [0.05, 0.1) is 30.5 Å². The van der Waals surface area contributed by atoms with Crippen molar-refractivity contribution in [3.8, 4) is 11.8 Å². The number of rotatable bonds is 8. The standard InChI is InChI=1S/C24H22N2O4S/c1-30-22-13-11-21(12-14-22)24(20-5-3-2-4-6-20)26-23(27)17-31(28,29)16-19-9-7-18(15-25)8-10-19/h2-14,24H,16-17H2,1H3,(H,26,27). The van der Waals surface area contributed by atoms with Crippen LogP contribution in [0.15, 0.2) is 78.9 Å². The van der Waals surface area contributed by atoms with Gasteiger partial charge in [0.15, 0.2) is 9.84 Å². The van der Waals surface area contributed by atoms with Crippen LogP contribution in [0.5, 0.6) is 5.75 Å². The lowest BCUT2D eigenvalue weighted by Crippen LogP contribution is -2.34. The van der Waals surface area contributed by atoms with Crippen molar-refractivity contribution in [3.63, 3.8) is 0 Å². The summed E-state index contributed by atoms with van der Waals surface area (Å²) in [4.78, 5) is 12.7. The molecule has 3 aromatic carbocycles. The SMILES string of the molecule is COc1ccc(C(NC(=O)CS(=O)(=O)Cc2ccc(C#N)cc2)c2ccccc2)cc1. The Balaban J connectivity index is 1.75. The van der Waals surface area contributed by atoms with Crippen LogP contribution in [-0.4, -0.2) is 27.2 Å². The van der Waals surface area contributed by atoms with Gasteiger partial charge in [-0.05, 0) is 41.0 Å². The third-order valence-electron chi connectivity index (χ3n) is 4.71. The smallest absolute Gasteiger partial charge is 0.235 e. The Morgan fingerprint density at radius 3 is 2.16 bits per heavy atom. The third kappa shape index (κ3) is 6.17. The van der Waals surface area contributed by atoms with Gasteiger partial charge in [-0.15, -0.1) is 0 Å². The number of hydrogen-bond acceptors (Lipinski definition) is 5.